The highest BCUT2D eigenvalue weighted by Crippen LogP contribution is 2.35. The zero-order valence-corrected chi connectivity index (χ0v) is 10.7. The molecular formula is C12H20O5. The summed E-state index contributed by atoms with van der Waals surface area (Å²) >= 11 is 0. The van der Waals surface area contributed by atoms with E-state index in [1.807, 2.05) is 13.8 Å². The molecular weight excluding hydrogens is 224 g/mol. The van der Waals surface area contributed by atoms with Crippen molar-refractivity contribution < 1.29 is 23.8 Å². The van der Waals surface area contributed by atoms with Gasteiger partial charge in [-0.3, -0.25) is 9.59 Å². The smallest absolute Gasteiger partial charge is 0.304 e. The van der Waals surface area contributed by atoms with Gasteiger partial charge in [0.15, 0.2) is 0 Å². The first-order valence-electron chi connectivity index (χ1n) is 5.85. The van der Waals surface area contributed by atoms with Crippen molar-refractivity contribution in [2.45, 2.75) is 40.1 Å². The molecule has 1 fully saturated rings. The Morgan fingerprint density at radius 1 is 1.24 bits per heavy atom. The van der Waals surface area contributed by atoms with E-state index in [4.69, 9.17) is 14.2 Å². The first kappa shape index (κ1) is 14.0. The minimum atomic E-state index is -0.557. The summed E-state index contributed by atoms with van der Waals surface area (Å²) in [4.78, 5) is 21.2. The number of carbonyl (C=O) groups excluding carboxylic acids is 2. The number of carbonyl (C=O) groups is 2. The third-order valence-electron chi connectivity index (χ3n) is 3.59. The van der Waals surface area contributed by atoms with E-state index in [2.05, 4.69) is 6.92 Å². The molecule has 17 heavy (non-hydrogen) atoms. The maximum Gasteiger partial charge on any atom is 0.304 e. The Morgan fingerprint density at radius 2 is 1.88 bits per heavy atom. The van der Waals surface area contributed by atoms with Crippen LogP contribution in [0.2, 0.25) is 0 Å². The molecule has 0 aromatic carbocycles. The summed E-state index contributed by atoms with van der Waals surface area (Å²) in [6.07, 6.45) is -0.783. The van der Waals surface area contributed by atoms with Crippen LogP contribution in [0.5, 0.6) is 0 Å². The van der Waals surface area contributed by atoms with Crippen LogP contribution >= 0.6 is 0 Å². The molecule has 0 saturated carbocycles. The molecule has 0 radical (unpaired) electrons. The Hall–Kier alpha value is -1.10. The number of hydrogen-bond acceptors (Lipinski definition) is 5. The first-order chi connectivity index (χ1) is 7.97. The fourth-order valence-corrected chi connectivity index (χ4v) is 2.11. The molecule has 0 aromatic heterocycles. The van der Waals surface area contributed by atoms with Crippen molar-refractivity contribution in [2.24, 2.45) is 17.8 Å². The number of esters is 1. The second kappa shape index (κ2) is 6.00. The second-order valence-electron chi connectivity index (χ2n) is 4.66. The first-order valence-corrected chi connectivity index (χ1v) is 5.85. The van der Waals surface area contributed by atoms with Crippen LogP contribution in [0.3, 0.4) is 0 Å². The van der Waals surface area contributed by atoms with Crippen molar-refractivity contribution in [3.8, 4) is 0 Å². The lowest BCUT2D eigenvalue weighted by Gasteiger charge is -2.42. The zero-order chi connectivity index (χ0) is 13.0. The fourth-order valence-electron chi connectivity index (χ4n) is 2.11. The van der Waals surface area contributed by atoms with Gasteiger partial charge in [-0.2, -0.15) is 0 Å². The molecule has 1 aliphatic heterocycles. The predicted octanol–water partition coefficient (Wildman–Crippen LogP) is 1.36. The highest BCUT2D eigenvalue weighted by molar-refractivity contribution is 5.66. The highest BCUT2D eigenvalue weighted by Gasteiger charge is 2.40. The maximum atomic E-state index is 11.0. The Morgan fingerprint density at radius 3 is 2.41 bits per heavy atom. The minimum Gasteiger partial charge on any atom is -0.465 e. The number of rotatable bonds is 4. The summed E-state index contributed by atoms with van der Waals surface area (Å²) in [5, 5.41) is 0. The van der Waals surface area contributed by atoms with E-state index in [9.17, 15) is 9.59 Å². The number of ether oxygens (including phenoxy) is 3. The SMILES string of the molecule is CC(=O)O[C@@H]1OC(COC=O)[C@@H](C)[C@H](C)C1C. The summed E-state index contributed by atoms with van der Waals surface area (Å²) in [5.74, 6) is 0.338. The molecule has 1 rings (SSSR count). The average molecular weight is 244 g/mol. The minimum absolute atomic E-state index is 0.126. The third kappa shape index (κ3) is 3.43. The van der Waals surface area contributed by atoms with Crippen LogP contribution in [0.4, 0.5) is 0 Å². The van der Waals surface area contributed by atoms with E-state index in [1.165, 1.54) is 6.92 Å². The Balaban J connectivity index is 2.67. The van der Waals surface area contributed by atoms with Crippen molar-refractivity contribution in [2.75, 3.05) is 6.61 Å². The predicted molar refractivity (Wildman–Crippen MR) is 59.9 cm³/mol. The highest BCUT2D eigenvalue weighted by atomic mass is 16.7. The third-order valence-corrected chi connectivity index (χ3v) is 3.59. The van der Waals surface area contributed by atoms with Crippen LogP contribution in [0.15, 0.2) is 0 Å². The summed E-state index contributed by atoms with van der Waals surface area (Å²) in [6, 6.07) is 0. The summed E-state index contributed by atoms with van der Waals surface area (Å²) in [7, 11) is 0. The van der Waals surface area contributed by atoms with Crippen LogP contribution < -0.4 is 0 Å². The standard InChI is InChI=1S/C12H20O5/c1-7-8(2)11(5-15-6-13)17-12(9(7)3)16-10(4)14/h6-9,11-12H,5H2,1-4H3/t7-,8-,9?,11?,12+/m0/s1. The topological polar surface area (TPSA) is 61.8 Å². The van der Waals surface area contributed by atoms with Gasteiger partial charge in [0.2, 0.25) is 6.29 Å². The van der Waals surface area contributed by atoms with Crippen molar-refractivity contribution in [1.82, 2.24) is 0 Å². The fraction of sp³-hybridized carbons (Fsp3) is 0.833. The van der Waals surface area contributed by atoms with E-state index < -0.39 is 6.29 Å². The molecule has 1 saturated heterocycles. The normalized spacial score (nSPS) is 37.3. The van der Waals surface area contributed by atoms with Gasteiger partial charge in [0.05, 0.1) is 6.10 Å². The lowest BCUT2D eigenvalue weighted by Crippen LogP contribution is -2.48. The van der Waals surface area contributed by atoms with E-state index in [0.717, 1.165) is 0 Å². The van der Waals surface area contributed by atoms with Crippen molar-refractivity contribution in [3.05, 3.63) is 0 Å². The largest absolute Gasteiger partial charge is 0.465 e. The van der Waals surface area contributed by atoms with E-state index in [-0.39, 0.29) is 30.5 Å². The summed E-state index contributed by atoms with van der Waals surface area (Å²) in [6.45, 7) is 8.08. The molecule has 2 unspecified atom stereocenters. The zero-order valence-electron chi connectivity index (χ0n) is 10.7. The van der Waals surface area contributed by atoms with Gasteiger partial charge in [-0.25, -0.2) is 0 Å². The lowest BCUT2D eigenvalue weighted by atomic mass is 9.79. The monoisotopic (exact) mass is 244 g/mol. The summed E-state index contributed by atoms with van der Waals surface area (Å²) < 4.78 is 15.5. The van der Waals surface area contributed by atoms with Gasteiger partial charge in [0, 0.05) is 12.8 Å². The summed E-state index contributed by atoms with van der Waals surface area (Å²) in [5.41, 5.74) is 0. The quantitative estimate of drug-likeness (QED) is 0.552. The molecule has 5 atom stereocenters. The number of hydrogen-bond donors (Lipinski definition) is 0. The van der Waals surface area contributed by atoms with Crippen molar-refractivity contribution in [1.29, 1.82) is 0 Å². The Kier molecular flexibility index (Phi) is 4.93. The van der Waals surface area contributed by atoms with Gasteiger partial charge in [-0.15, -0.1) is 0 Å². The Bertz CT molecular complexity index is 278. The molecule has 0 N–H and O–H groups in total. The molecule has 5 heteroatoms. The van der Waals surface area contributed by atoms with Crippen LogP contribution in [-0.4, -0.2) is 31.4 Å². The van der Waals surface area contributed by atoms with Crippen molar-refractivity contribution in [3.63, 3.8) is 0 Å². The average Bonchev–Trinajstić information content (AvgIpc) is 2.28. The van der Waals surface area contributed by atoms with Crippen LogP contribution in [0, 0.1) is 17.8 Å². The molecule has 0 amide bonds. The Labute approximate surface area is 101 Å². The van der Waals surface area contributed by atoms with Crippen LogP contribution in [-0.2, 0) is 23.8 Å². The van der Waals surface area contributed by atoms with Crippen molar-refractivity contribution >= 4 is 12.4 Å². The van der Waals surface area contributed by atoms with E-state index >= 15 is 0 Å². The lowest BCUT2D eigenvalue weighted by molar-refractivity contribution is -0.247. The molecule has 98 valence electrons. The second-order valence-corrected chi connectivity index (χ2v) is 4.66. The molecule has 1 aliphatic rings. The van der Waals surface area contributed by atoms with Gasteiger partial charge in [-0.05, 0) is 11.8 Å². The molecule has 0 spiro atoms. The van der Waals surface area contributed by atoms with Gasteiger partial charge in [0.1, 0.15) is 6.61 Å². The maximum absolute atomic E-state index is 11.0. The molecule has 0 bridgehead atoms. The van der Waals surface area contributed by atoms with E-state index in [0.29, 0.717) is 12.4 Å². The van der Waals surface area contributed by atoms with Gasteiger partial charge < -0.3 is 14.2 Å². The van der Waals surface area contributed by atoms with E-state index in [1.54, 1.807) is 0 Å². The van der Waals surface area contributed by atoms with Gasteiger partial charge in [0.25, 0.3) is 6.47 Å². The molecule has 5 nitrogen and oxygen atoms in total. The molecule has 0 aliphatic carbocycles. The van der Waals surface area contributed by atoms with Crippen LogP contribution in [0.1, 0.15) is 27.7 Å². The van der Waals surface area contributed by atoms with Gasteiger partial charge in [-0.1, -0.05) is 20.8 Å². The van der Waals surface area contributed by atoms with Gasteiger partial charge >= 0.3 is 5.97 Å². The molecule has 1 heterocycles. The van der Waals surface area contributed by atoms with Crippen LogP contribution in [0.25, 0.3) is 0 Å². The molecule has 0 aromatic rings.